The zero-order valence-corrected chi connectivity index (χ0v) is 23.4. The fourth-order valence-corrected chi connectivity index (χ4v) is 7.43. The first kappa shape index (κ1) is 29.6. The fraction of sp³-hybridized carbons (Fsp3) is 1.00. The quantitative estimate of drug-likeness (QED) is 0.0882. The molecule has 0 aliphatic heterocycles. The van der Waals surface area contributed by atoms with Crippen molar-refractivity contribution in [2.24, 2.45) is 0 Å². The zero-order valence-electron chi connectivity index (χ0n) is 21.0. The molecule has 1 radical (unpaired) electrons. The Balaban J connectivity index is 2.97. The third kappa shape index (κ3) is 28.6. The van der Waals surface area contributed by atoms with Crippen LogP contribution in [0.3, 0.4) is 0 Å². The predicted octanol–water partition coefficient (Wildman–Crippen LogP) is 10.9. The second kappa shape index (κ2) is 28.6. The topological polar surface area (TPSA) is 0 Å². The molecule has 0 saturated carbocycles. The number of rotatable bonds is 26. The van der Waals surface area contributed by atoms with Gasteiger partial charge in [0.1, 0.15) is 0 Å². The standard InChI is InChI=1S/2C14H29.Ga/c2*1-3-5-7-9-11-13-14-12-10-8-6-4-2;/h2*1,3-14H2,2H3;. The van der Waals surface area contributed by atoms with Gasteiger partial charge >= 0.3 is 169 Å². The molecule has 0 aliphatic carbocycles. The van der Waals surface area contributed by atoms with Crippen molar-refractivity contribution in [3.63, 3.8) is 0 Å². The smallest absolute Gasteiger partial charge is 0.0654 e. The predicted molar refractivity (Wildman–Crippen MR) is 138 cm³/mol. The SMILES string of the molecule is CCCCCCCCCCCCC[CH2][Ga][CH2]CCCCCCCCCCCCC. The molecule has 0 aromatic heterocycles. The van der Waals surface area contributed by atoms with E-state index >= 15 is 0 Å². The van der Waals surface area contributed by atoms with Crippen molar-refractivity contribution in [1.82, 2.24) is 0 Å². The van der Waals surface area contributed by atoms with Gasteiger partial charge in [-0.25, -0.2) is 0 Å². The molecular weight excluding hydrogens is 406 g/mol. The molecule has 173 valence electrons. The van der Waals surface area contributed by atoms with Crippen LogP contribution in [0.2, 0.25) is 9.95 Å². The van der Waals surface area contributed by atoms with E-state index in [0.717, 1.165) is 0 Å². The molecule has 0 bridgehead atoms. The molecule has 29 heavy (non-hydrogen) atoms. The number of hydrogen-bond acceptors (Lipinski definition) is 0. The van der Waals surface area contributed by atoms with Gasteiger partial charge in [0.15, 0.2) is 0 Å². The maximum atomic E-state index is 2.31. The van der Waals surface area contributed by atoms with E-state index in [-0.39, 0.29) is 17.4 Å². The summed E-state index contributed by atoms with van der Waals surface area (Å²) in [5.41, 5.74) is 0. The van der Waals surface area contributed by atoms with Crippen LogP contribution in [0.25, 0.3) is 0 Å². The minimum atomic E-state index is 0.145. The van der Waals surface area contributed by atoms with E-state index in [1.165, 1.54) is 141 Å². The van der Waals surface area contributed by atoms with Gasteiger partial charge in [0.05, 0.1) is 0 Å². The molecular formula is C28H58Ga. The van der Waals surface area contributed by atoms with Gasteiger partial charge in [-0.3, -0.25) is 0 Å². The normalized spacial score (nSPS) is 11.2. The molecule has 0 aromatic rings. The Hall–Kier alpha value is 0.636. The Morgan fingerprint density at radius 3 is 0.724 bits per heavy atom. The maximum absolute atomic E-state index is 2.31. The third-order valence-electron chi connectivity index (χ3n) is 6.52. The second-order valence-electron chi connectivity index (χ2n) is 9.64. The molecule has 0 atom stereocenters. The van der Waals surface area contributed by atoms with Gasteiger partial charge in [-0.15, -0.1) is 0 Å². The van der Waals surface area contributed by atoms with E-state index in [1.54, 1.807) is 22.8 Å². The van der Waals surface area contributed by atoms with Gasteiger partial charge in [-0.1, -0.05) is 26.7 Å². The average Bonchev–Trinajstić information content (AvgIpc) is 2.74. The van der Waals surface area contributed by atoms with Crippen LogP contribution >= 0.6 is 0 Å². The molecule has 0 unspecified atom stereocenters. The molecule has 0 aromatic carbocycles. The van der Waals surface area contributed by atoms with E-state index in [9.17, 15) is 0 Å². The average molecular weight is 464 g/mol. The van der Waals surface area contributed by atoms with Crippen LogP contribution in [-0.4, -0.2) is 17.4 Å². The van der Waals surface area contributed by atoms with Gasteiger partial charge in [-0.2, -0.15) is 0 Å². The first-order valence-corrected chi connectivity index (χ1v) is 17.7. The summed E-state index contributed by atoms with van der Waals surface area (Å²) in [5.74, 6) is 0. The summed E-state index contributed by atoms with van der Waals surface area (Å²) >= 11 is 0.145. The van der Waals surface area contributed by atoms with Crippen molar-refractivity contribution in [2.45, 2.75) is 178 Å². The first-order chi connectivity index (χ1) is 14.4. The Kier molecular flexibility index (Phi) is 29.3. The van der Waals surface area contributed by atoms with Crippen molar-refractivity contribution in [1.29, 1.82) is 0 Å². The van der Waals surface area contributed by atoms with E-state index < -0.39 is 0 Å². The molecule has 0 heterocycles. The first-order valence-electron chi connectivity index (χ1n) is 14.2. The minimum Gasteiger partial charge on any atom is -0.0654 e. The van der Waals surface area contributed by atoms with Gasteiger partial charge in [-0.05, 0) is 0 Å². The van der Waals surface area contributed by atoms with Crippen molar-refractivity contribution in [3.8, 4) is 0 Å². The van der Waals surface area contributed by atoms with Crippen LogP contribution in [0, 0.1) is 0 Å². The number of hydrogen-bond donors (Lipinski definition) is 0. The molecule has 0 saturated heterocycles. The van der Waals surface area contributed by atoms with Crippen molar-refractivity contribution in [3.05, 3.63) is 0 Å². The molecule has 0 fully saturated rings. The van der Waals surface area contributed by atoms with E-state index in [0.29, 0.717) is 0 Å². The Morgan fingerprint density at radius 1 is 0.276 bits per heavy atom. The van der Waals surface area contributed by atoms with Crippen LogP contribution in [0.4, 0.5) is 0 Å². The van der Waals surface area contributed by atoms with Crippen LogP contribution in [0.15, 0.2) is 0 Å². The van der Waals surface area contributed by atoms with Crippen LogP contribution in [-0.2, 0) is 0 Å². The van der Waals surface area contributed by atoms with Gasteiger partial charge in [0, 0.05) is 0 Å². The van der Waals surface area contributed by atoms with Crippen LogP contribution in [0.5, 0.6) is 0 Å². The molecule has 0 amide bonds. The molecule has 0 aliphatic rings. The van der Waals surface area contributed by atoms with Gasteiger partial charge < -0.3 is 0 Å². The Morgan fingerprint density at radius 2 is 0.483 bits per heavy atom. The monoisotopic (exact) mass is 463 g/mol. The van der Waals surface area contributed by atoms with Crippen LogP contribution < -0.4 is 0 Å². The van der Waals surface area contributed by atoms with E-state index in [4.69, 9.17) is 0 Å². The number of unbranched alkanes of at least 4 members (excludes halogenated alkanes) is 22. The molecule has 1 heteroatoms. The summed E-state index contributed by atoms with van der Waals surface area (Å²) in [6.07, 6.45) is 35.8. The summed E-state index contributed by atoms with van der Waals surface area (Å²) in [4.78, 5) is 3.30. The third-order valence-corrected chi connectivity index (χ3v) is 9.95. The van der Waals surface area contributed by atoms with E-state index in [1.807, 2.05) is 0 Å². The molecule has 0 nitrogen and oxygen atoms in total. The van der Waals surface area contributed by atoms with Gasteiger partial charge in [0.25, 0.3) is 0 Å². The second-order valence-corrected chi connectivity index (χ2v) is 13.3. The summed E-state index contributed by atoms with van der Waals surface area (Å²) in [5, 5.41) is 0. The van der Waals surface area contributed by atoms with Crippen LogP contribution in [0.1, 0.15) is 168 Å². The summed E-state index contributed by atoms with van der Waals surface area (Å²) in [6.45, 7) is 4.62. The summed E-state index contributed by atoms with van der Waals surface area (Å²) in [6, 6.07) is 0. The van der Waals surface area contributed by atoms with Crippen molar-refractivity contribution >= 4 is 17.4 Å². The Bertz CT molecular complexity index is 237. The molecule has 0 rings (SSSR count). The van der Waals surface area contributed by atoms with Crippen molar-refractivity contribution < 1.29 is 0 Å². The zero-order chi connectivity index (χ0) is 21.1. The van der Waals surface area contributed by atoms with Crippen molar-refractivity contribution in [2.75, 3.05) is 0 Å². The van der Waals surface area contributed by atoms with Gasteiger partial charge in [0.2, 0.25) is 0 Å². The Labute approximate surface area is 194 Å². The summed E-state index contributed by atoms with van der Waals surface area (Å²) < 4.78 is 0. The van der Waals surface area contributed by atoms with E-state index in [2.05, 4.69) is 13.8 Å². The summed E-state index contributed by atoms with van der Waals surface area (Å²) in [7, 11) is 0. The fourth-order valence-electron chi connectivity index (χ4n) is 4.40. The molecule has 0 N–H and O–H groups in total. The molecule has 0 spiro atoms. The minimum absolute atomic E-state index is 0.145.